The molecular weight excluding hydrogens is 506 g/mol. The lowest BCUT2D eigenvalue weighted by atomic mass is 10.1. The summed E-state index contributed by atoms with van der Waals surface area (Å²) >= 11 is 9.93. The fourth-order valence-corrected chi connectivity index (χ4v) is 4.36. The van der Waals surface area contributed by atoms with Gasteiger partial charge in [0.2, 0.25) is 0 Å². The van der Waals surface area contributed by atoms with Gasteiger partial charge in [-0.05, 0) is 52.5 Å². The van der Waals surface area contributed by atoms with Crippen LogP contribution in [0.4, 0.5) is 11.5 Å². The van der Waals surface area contributed by atoms with Crippen LogP contribution in [0, 0.1) is 0 Å². The average Bonchev–Trinajstić information content (AvgIpc) is 3.49. The van der Waals surface area contributed by atoms with Gasteiger partial charge in [-0.2, -0.15) is 9.61 Å². The Morgan fingerprint density at radius 1 is 1.21 bits per heavy atom. The number of hydrogen-bond donors (Lipinski definition) is 2. The first kappa shape index (κ1) is 21.9. The largest absolute Gasteiger partial charge is 0.368 e. The Bertz CT molecular complexity index is 1300. The summed E-state index contributed by atoms with van der Waals surface area (Å²) in [5.41, 5.74) is 4.11. The van der Waals surface area contributed by atoms with E-state index in [4.69, 9.17) is 21.3 Å². The van der Waals surface area contributed by atoms with Crippen LogP contribution < -0.4 is 10.6 Å². The minimum absolute atomic E-state index is 0.0890. The van der Waals surface area contributed by atoms with Gasteiger partial charge in [0.1, 0.15) is 11.9 Å². The summed E-state index contributed by atoms with van der Waals surface area (Å²) in [5, 5.41) is 11.4. The molecule has 168 valence electrons. The number of carbonyl (C=O) groups is 1. The highest BCUT2D eigenvalue weighted by Gasteiger charge is 2.23. The molecule has 2 N–H and O–H groups in total. The molecule has 5 rings (SSSR count). The van der Waals surface area contributed by atoms with Gasteiger partial charge in [0.15, 0.2) is 5.65 Å². The molecule has 2 aromatic carbocycles. The highest BCUT2D eigenvalue weighted by molar-refractivity contribution is 9.10. The van der Waals surface area contributed by atoms with E-state index in [2.05, 4.69) is 31.7 Å². The molecule has 0 saturated carbocycles. The van der Waals surface area contributed by atoms with Crippen LogP contribution in [0.2, 0.25) is 5.02 Å². The van der Waals surface area contributed by atoms with Gasteiger partial charge in [0, 0.05) is 35.5 Å². The molecule has 1 aliphatic heterocycles. The number of amides is 1. The molecule has 1 saturated heterocycles. The number of ether oxygens (including phenoxy) is 1. The summed E-state index contributed by atoms with van der Waals surface area (Å²) in [6, 6.07) is 17.3. The standard InChI is InChI=1S/C24H21BrClN5O2/c25-18-14-28-31-22(12-20(30-23(18)31)17-4-1-2-5-19(17)26)27-13-15-7-9-16(10-8-15)29-24(32)21-6-3-11-33-21/h1-2,4-5,7-10,12,14,21,27H,3,6,11,13H2,(H,29,32). The Morgan fingerprint density at radius 3 is 2.79 bits per heavy atom. The Hall–Kier alpha value is -2.94. The van der Waals surface area contributed by atoms with Crippen LogP contribution in [-0.4, -0.2) is 33.2 Å². The van der Waals surface area contributed by atoms with Crippen LogP contribution in [-0.2, 0) is 16.1 Å². The maximum Gasteiger partial charge on any atom is 0.253 e. The zero-order valence-corrected chi connectivity index (χ0v) is 19.9. The SMILES string of the molecule is O=C(Nc1ccc(CNc2cc(-c3ccccc3Cl)nc3c(Br)cnn23)cc1)C1CCCO1. The van der Waals surface area contributed by atoms with E-state index in [0.29, 0.717) is 23.8 Å². The molecule has 3 heterocycles. The first-order valence-electron chi connectivity index (χ1n) is 10.6. The summed E-state index contributed by atoms with van der Waals surface area (Å²) in [6.07, 6.45) is 3.07. The van der Waals surface area contributed by atoms with E-state index in [1.165, 1.54) is 0 Å². The number of carbonyl (C=O) groups excluding carboxylic acids is 1. The van der Waals surface area contributed by atoms with Gasteiger partial charge < -0.3 is 15.4 Å². The molecule has 7 nitrogen and oxygen atoms in total. The lowest BCUT2D eigenvalue weighted by Crippen LogP contribution is -2.26. The van der Waals surface area contributed by atoms with Crippen molar-refractivity contribution in [3.05, 3.63) is 75.9 Å². The number of aromatic nitrogens is 3. The number of benzene rings is 2. The third-order valence-corrected chi connectivity index (χ3v) is 6.38. The second kappa shape index (κ2) is 9.51. The molecule has 1 amide bonds. The monoisotopic (exact) mass is 525 g/mol. The topological polar surface area (TPSA) is 80.5 Å². The van der Waals surface area contributed by atoms with Crippen molar-refractivity contribution in [3.63, 3.8) is 0 Å². The molecule has 0 aliphatic carbocycles. The lowest BCUT2D eigenvalue weighted by Gasteiger charge is -2.13. The molecule has 1 aliphatic rings. The first-order valence-corrected chi connectivity index (χ1v) is 11.8. The predicted molar refractivity (Wildman–Crippen MR) is 133 cm³/mol. The van der Waals surface area contributed by atoms with Crippen molar-refractivity contribution in [2.75, 3.05) is 17.2 Å². The lowest BCUT2D eigenvalue weighted by molar-refractivity contribution is -0.124. The molecule has 4 aromatic rings. The van der Waals surface area contributed by atoms with Crippen LogP contribution in [0.3, 0.4) is 0 Å². The summed E-state index contributed by atoms with van der Waals surface area (Å²) in [5.74, 6) is 0.699. The van der Waals surface area contributed by atoms with E-state index in [0.717, 1.165) is 45.6 Å². The molecule has 0 spiro atoms. The van der Waals surface area contributed by atoms with Crippen molar-refractivity contribution in [2.24, 2.45) is 0 Å². The zero-order chi connectivity index (χ0) is 22.8. The van der Waals surface area contributed by atoms with Gasteiger partial charge in [-0.15, -0.1) is 0 Å². The number of anilines is 2. The first-order chi connectivity index (χ1) is 16.1. The zero-order valence-electron chi connectivity index (χ0n) is 17.6. The molecule has 0 bridgehead atoms. The molecular formula is C24H21BrClN5O2. The van der Waals surface area contributed by atoms with Gasteiger partial charge in [0.05, 0.1) is 16.4 Å². The van der Waals surface area contributed by atoms with Crippen LogP contribution >= 0.6 is 27.5 Å². The minimum atomic E-state index is -0.346. The van der Waals surface area contributed by atoms with E-state index < -0.39 is 0 Å². The Morgan fingerprint density at radius 2 is 2.03 bits per heavy atom. The van der Waals surface area contributed by atoms with E-state index >= 15 is 0 Å². The minimum Gasteiger partial charge on any atom is -0.368 e. The summed E-state index contributed by atoms with van der Waals surface area (Å²) < 4.78 is 7.98. The van der Waals surface area contributed by atoms with E-state index in [9.17, 15) is 4.79 Å². The second-order valence-corrected chi connectivity index (χ2v) is 9.04. The van der Waals surface area contributed by atoms with Crippen LogP contribution in [0.5, 0.6) is 0 Å². The van der Waals surface area contributed by atoms with E-state index in [1.807, 2.05) is 54.6 Å². The average molecular weight is 527 g/mol. The molecule has 9 heteroatoms. The van der Waals surface area contributed by atoms with Crippen LogP contribution in [0.1, 0.15) is 18.4 Å². The van der Waals surface area contributed by atoms with Crippen molar-refractivity contribution < 1.29 is 9.53 Å². The number of rotatable bonds is 6. The van der Waals surface area contributed by atoms with Gasteiger partial charge >= 0.3 is 0 Å². The second-order valence-electron chi connectivity index (χ2n) is 7.78. The number of fused-ring (bicyclic) bond motifs is 1. The van der Waals surface area contributed by atoms with Gasteiger partial charge in [-0.25, -0.2) is 4.98 Å². The molecule has 1 atom stereocenters. The van der Waals surface area contributed by atoms with Gasteiger partial charge in [0.25, 0.3) is 5.91 Å². The third kappa shape index (κ3) is 4.73. The predicted octanol–water partition coefficient (Wildman–Crippen LogP) is 5.54. The number of halogens is 2. The highest BCUT2D eigenvalue weighted by Crippen LogP contribution is 2.30. The number of nitrogens with zero attached hydrogens (tertiary/aromatic N) is 3. The van der Waals surface area contributed by atoms with Crippen LogP contribution in [0.25, 0.3) is 16.9 Å². The Balaban J connectivity index is 1.34. The van der Waals surface area contributed by atoms with Crippen LogP contribution in [0.15, 0.2) is 65.3 Å². The summed E-state index contributed by atoms with van der Waals surface area (Å²) in [7, 11) is 0. The quantitative estimate of drug-likeness (QED) is 0.345. The van der Waals surface area contributed by atoms with Crippen molar-refractivity contribution >= 4 is 50.6 Å². The Labute approximate surface area is 204 Å². The maximum absolute atomic E-state index is 12.2. The van der Waals surface area contributed by atoms with Crippen molar-refractivity contribution in [1.29, 1.82) is 0 Å². The Kier molecular flexibility index (Phi) is 6.30. The third-order valence-electron chi connectivity index (χ3n) is 5.50. The van der Waals surface area contributed by atoms with Crippen molar-refractivity contribution in [3.8, 4) is 11.3 Å². The van der Waals surface area contributed by atoms with Crippen molar-refractivity contribution in [2.45, 2.75) is 25.5 Å². The molecule has 2 aromatic heterocycles. The van der Waals surface area contributed by atoms with Crippen molar-refractivity contribution in [1.82, 2.24) is 14.6 Å². The fraction of sp³-hybridized carbons (Fsp3) is 0.208. The normalized spacial score (nSPS) is 15.6. The van der Waals surface area contributed by atoms with Gasteiger partial charge in [-0.1, -0.05) is 41.9 Å². The molecule has 33 heavy (non-hydrogen) atoms. The molecule has 0 radical (unpaired) electrons. The number of hydrogen-bond acceptors (Lipinski definition) is 5. The highest BCUT2D eigenvalue weighted by atomic mass is 79.9. The maximum atomic E-state index is 12.2. The molecule has 1 fully saturated rings. The number of nitrogens with one attached hydrogen (secondary N) is 2. The molecule has 1 unspecified atom stereocenters. The summed E-state index contributed by atoms with van der Waals surface area (Å²) in [6.45, 7) is 1.22. The van der Waals surface area contributed by atoms with Gasteiger partial charge in [-0.3, -0.25) is 4.79 Å². The summed E-state index contributed by atoms with van der Waals surface area (Å²) in [4.78, 5) is 17.0. The van der Waals surface area contributed by atoms with E-state index in [-0.39, 0.29) is 12.0 Å². The van der Waals surface area contributed by atoms with E-state index in [1.54, 1.807) is 10.7 Å². The smallest absolute Gasteiger partial charge is 0.253 e. The fourth-order valence-electron chi connectivity index (χ4n) is 3.77.